The molecule has 0 aliphatic carbocycles. The standard InChI is InChI=1S/C11H17N3O5S2/c1-13(2)11(15)8-14(3)21(18,19)10-6-4-5-9(7-10)20(12,16)17/h4-7H,8H2,1-3H3,(H2,12,16,17). The van der Waals surface area contributed by atoms with Gasteiger partial charge in [0.1, 0.15) is 0 Å². The monoisotopic (exact) mass is 335 g/mol. The van der Waals surface area contributed by atoms with Crippen molar-refractivity contribution in [3.8, 4) is 0 Å². The molecule has 1 aromatic carbocycles. The number of primary sulfonamides is 1. The minimum atomic E-state index is -4.01. The van der Waals surface area contributed by atoms with Gasteiger partial charge in [-0.1, -0.05) is 6.07 Å². The molecule has 0 fully saturated rings. The van der Waals surface area contributed by atoms with E-state index in [0.717, 1.165) is 10.4 Å². The zero-order valence-electron chi connectivity index (χ0n) is 11.8. The van der Waals surface area contributed by atoms with E-state index in [1.807, 2.05) is 0 Å². The van der Waals surface area contributed by atoms with E-state index in [0.29, 0.717) is 0 Å². The average molecular weight is 335 g/mol. The van der Waals surface area contributed by atoms with Gasteiger partial charge in [0.2, 0.25) is 26.0 Å². The summed E-state index contributed by atoms with van der Waals surface area (Å²) in [5.74, 6) is -0.399. The second kappa shape index (κ2) is 6.10. The molecule has 0 unspecified atom stereocenters. The molecule has 8 nitrogen and oxygen atoms in total. The van der Waals surface area contributed by atoms with Crippen LogP contribution < -0.4 is 5.14 Å². The summed E-state index contributed by atoms with van der Waals surface area (Å²) in [4.78, 5) is 12.3. The molecule has 0 radical (unpaired) electrons. The number of carbonyl (C=O) groups excluding carboxylic acids is 1. The molecule has 10 heteroatoms. The van der Waals surface area contributed by atoms with Gasteiger partial charge in [0.05, 0.1) is 16.3 Å². The van der Waals surface area contributed by atoms with Crippen molar-refractivity contribution in [1.82, 2.24) is 9.21 Å². The Morgan fingerprint density at radius 3 is 2.10 bits per heavy atom. The number of benzene rings is 1. The topological polar surface area (TPSA) is 118 Å². The number of amides is 1. The van der Waals surface area contributed by atoms with Crippen LogP contribution in [-0.4, -0.2) is 59.6 Å². The van der Waals surface area contributed by atoms with E-state index in [1.165, 1.54) is 44.2 Å². The van der Waals surface area contributed by atoms with Crippen LogP contribution in [0.3, 0.4) is 0 Å². The number of hydrogen-bond donors (Lipinski definition) is 1. The SMILES string of the molecule is CN(C)C(=O)CN(C)S(=O)(=O)c1cccc(S(N)(=O)=O)c1. The van der Waals surface area contributed by atoms with Crippen LogP contribution in [0.15, 0.2) is 34.1 Å². The van der Waals surface area contributed by atoms with Gasteiger partial charge in [0.25, 0.3) is 0 Å². The fourth-order valence-corrected chi connectivity index (χ4v) is 3.21. The smallest absolute Gasteiger partial charge is 0.243 e. The maximum Gasteiger partial charge on any atom is 0.243 e. The number of likely N-dealkylation sites (N-methyl/N-ethyl adjacent to an activating group) is 2. The molecule has 0 atom stereocenters. The molecular weight excluding hydrogens is 318 g/mol. The maximum atomic E-state index is 12.3. The summed E-state index contributed by atoms with van der Waals surface area (Å²) < 4.78 is 47.9. The maximum absolute atomic E-state index is 12.3. The van der Waals surface area contributed by atoms with Crippen LogP contribution in [0, 0.1) is 0 Å². The molecule has 1 amide bonds. The summed E-state index contributed by atoms with van der Waals surface area (Å²) in [7, 11) is -3.75. The van der Waals surface area contributed by atoms with Crippen molar-refractivity contribution < 1.29 is 21.6 Å². The Bertz CT molecular complexity index is 741. The van der Waals surface area contributed by atoms with E-state index in [1.54, 1.807) is 0 Å². The number of nitrogens with two attached hydrogens (primary N) is 1. The van der Waals surface area contributed by atoms with E-state index >= 15 is 0 Å². The molecule has 0 aliphatic heterocycles. The van der Waals surface area contributed by atoms with Crippen molar-refractivity contribution >= 4 is 26.0 Å². The van der Waals surface area contributed by atoms with E-state index in [4.69, 9.17) is 5.14 Å². The lowest BCUT2D eigenvalue weighted by molar-refractivity contribution is -0.128. The highest BCUT2D eigenvalue weighted by molar-refractivity contribution is 7.90. The second-order valence-corrected chi connectivity index (χ2v) is 8.18. The Balaban J connectivity index is 3.17. The third-order valence-electron chi connectivity index (χ3n) is 2.70. The van der Waals surface area contributed by atoms with Gasteiger partial charge in [-0.2, -0.15) is 4.31 Å². The first kappa shape index (κ1) is 17.6. The molecule has 0 saturated heterocycles. The second-order valence-electron chi connectivity index (χ2n) is 4.57. The van der Waals surface area contributed by atoms with Crippen molar-refractivity contribution in [2.24, 2.45) is 5.14 Å². The Labute approximate surface area is 124 Å². The number of carbonyl (C=O) groups is 1. The van der Waals surface area contributed by atoms with Gasteiger partial charge in [-0.05, 0) is 18.2 Å². The summed E-state index contributed by atoms with van der Waals surface area (Å²) in [5.41, 5.74) is 0. The van der Waals surface area contributed by atoms with Crippen LogP contribution in [0.1, 0.15) is 0 Å². The first-order valence-corrected chi connectivity index (χ1v) is 8.74. The van der Waals surface area contributed by atoms with Gasteiger partial charge in [0, 0.05) is 21.1 Å². The summed E-state index contributed by atoms with van der Waals surface area (Å²) in [6.45, 7) is -0.352. The van der Waals surface area contributed by atoms with Crippen LogP contribution in [-0.2, 0) is 24.8 Å². The average Bonchev–Trinajstić information content (AvgIpc) is 2.37. The number of nitrogens with zero attached hydrogens (tertiary/aromatic N) is 2. The van der Waals surface area contributed by atoms with Crippen molar-refractivity contribution in [3.63, 3.8) is 0 Å². The number of sulfonamides is 2. The minimum Gasteiger partial charge on any atom is -0.348 e. The first-order chi connectivity index (χ1) is 9.46. The van der Waals surface area contributed by atoms with Crippen LogP contribution in [0.4, 0.5) is 0 Å². The van der Waals surface area contributed by atoms with E-state index in [9.17, 15) is 21.6 Å². The molecule has 21 heavy (non-hydrogen) atoms. The van der Waals surface area contributed by atoms with E-state index < -0.39 is 26.0 Å². The molecule has 0 spiro atoms. The van der Waals surface area contributed by atoms with Gasteiger partial charge < -0.3 is 4.90 Å². The Morgan fingerprint density at radius 1 is 1.10 bits per heavy atom. The fraction of sp³-hybridized carbons (Fsp3) is 0.364. The molecule has 0 heterocycles. The zero-order valence-corrected chi connectivity index (χ0v) is 13.5. The van der Waals surface area contributed by atoms with Crippen LogP contribution in [0.25, 0.3) is 0 Å². The van der Waals surface area contributed by atoms with E-state index in [2.05, 4.69) is 0 Å². The lowest BCUT2D eigenvalue weighted by Crippen LogP contribution is -2.37. The molecule has 118 valence electrons. The normalized spacial score (nSPS) is 12.4. The first-order valence-electron chi connectivity index (χ1n) is 5.75. The molecule has 1 rings (SSSR count). The van der Waals surface area contributed by atoms with Gasteiger partial charge in [0.15, 0.2) is 0 Å². The highest BCUT2D eigenvalue weighted by Gasteiger charge is 2.24. The zero-order chi connectivity index (χ0) is 16.4. The Morgan fingerprint density at radius 2 is 1.62 bits per heavy atom. The van der Waals surface area contributed by atoms with Crippen LogP contribution >= 0.6 is 0 Å². The van der Waals surface area contributed by atoms with Gasteiger partial charge in [-0.25, -0.2) is 22.0 Å². The predicted molar refractivity (Wildman–Crippen MR) is 76.3 cm³/mol. The van der Waals surface area contributed by atoms with Crippen LogP contribution in [0.2, 0.25) is 0 Å². The van der Waals surface area contributed by atoms with Gasteiger partial charge >= 0.3 is 0 Å². The lowest BCUT2D eigenvalue weighted by atomic mass is 10.4. The van der Waals surface area contributed by atoms with Gasteiger partial charge in [-0.15, -0.1) is 0 Å². The molecule has 0 bridgehead atoms. The van der Waals surface area contributed by atoms with E-state index in [-0.39, 0.29) is 16.3 Å². The Kier molecular flexibility index (Phi) is 5.10. The van der Waals surface area contributed by atoms with Crippen molar-refractivity contribution in [2.75, 3.05) is 27.7 Å². The highest BCUT2D eigenvalue weighted by atomic mass is 32.2. The number of rotatable bonds is 5. The minimum absolute atomic E-state index is 0.247. The largest absolute Gasteiger partial charge is 0.348 e. The molecule has 0 aromatic heterocycles. The highest BCUT2D eigenvalue weighted by Crippen LogP contribution is 2.18. The number of hydrogen-bond acceptors (Lipinski definition) is 5. The van der Waals surface area contributed by atoms with Crippen molar-refractivity contribution in [2.45, 2.75) is 9.79 Å². The molecule has 1 aromatic rings. The fourth-order valence-electron chi connectivity index (χ4n) is 1.41. The summed E-state index contributed by atoms with van der Waals surface area (Å²) in [6.07, 6.45) is 0. The molecular formula is C11H17N3O5S2. The lowest BCUT2D eigenvalue weighted by Gasteiger charge is -2.19. The van der Waals surface area contributed by atoms with Crippen LogP contribution in [0.5, 0.6) is 0 Å². The van der Waals surface area contributed by atoms with Crippen molar-refractivity contribution in [1.29, 1.82) is 0 Å². The van der Waals surface area contributed by atoms with Crippen molar-refractivity contribution in [3.05, 3.63) is 24.3 Å². The van der Waals surface area contributed by atoms with Gasteiger partial charge in [-0.3, -0.25) is 4.79 Å². The quantitative estimate of drug-likeness (QED) is 0.744. The molecule has 0 saturated carbocycles. The Hall–Kier alpha value is -1.49. The third kappa shape index (κ3) is 4.24. The molecule has 2 N–H and O–H groups in total. The summed E-state index contributed by atoms with van der Waals surface area (Å²) in [6, 6.07) is 4.66. The summed E-state index contributed by atoms with van der Waals surface area (Å²) >= 11 is 0. The molecule has 0 aliphatic rings. The summed E-state index contributed by atoms with van der Waals surface area (Å²) in [5, 5.41) is 4.97. The predicted octanol–water partition coefficient (Wildman–Crippen LogP) is -0.957. The third-order valence-corrected chi connectivity index (χ3v) is 5.41.